The van der Waals surface area contributed by atoms with E-state index in [1.807, 2.05) is 37.3 Å². The van der Waals surface area contributed by atoms with Crippen molar-refractivity contribution >= 4 is 5.97 Å². The summed E-state index contributed by atoms with van der Waals surface area (Å²) in [5, 5.41) is 0. The average molecular weight is 354 g/mol. The SMILES string of the molecule is CCOC(=O)[C@H]1CCC[NH+](Cc2cccc(OCc3ccccc3)c2)C1. The van der Waals surface area contributed by atoms with E-state index in [1.54, 1.807) is 0 Å². The summed E-state index contributed by atoms with van der Waals surface area (Å²) in [5.74, 6) is 0.894. The van der Waals surface area contributed by atoms with Gasteiger partial charge in [0.05, 0.1) is 19.7 Å². The van der Waals surface area contributed by atoms with Crippen LogP contribution in [0.25, 0.3) is 0 Å². The fourth-order valence-electron chi connectivity index (χ4n) is 3.55. The second-order valence-electron chi connectivity index (χ2n) is 6.89. The fourth-order valence-corrected chi connectivity index (χ4v) is 3.55. The maximum Gasteiger partial charge on any atom is 0.314 e. The molecule has 0 spiro atoms. The van der Waals surface area contributed by atoms with Crippen LogP contribution in [0.5, 0.6) is 5.75 Å². The van der Waals surface area contributed by atoms with Gasteiger partial charge in [0.1, 0.15) is 24.8 Å². The van der Waals surface area contributed by atoms with Gasteiger partial charge in [-0.2, -0.15) is 0 Å². The molecule has 1 aliphatic rings. The van der Waals surface area contributed by atoms with Gasteiger partial charge in [-0.1, -0.05) is 42.5 Å². The number of carbonyl (C=O) groups is 1. The molecule has 4 nitrogen and oxygen atoms in total. The Labute approximate surface area is 155 Å². The summed E-state index contributed by atoms with van der Waals surface area (Å²) >= 11 is 0. The van der Waals surface area contributed by atoms with Gasteiger partial charge >= 0.3 is 5.97 Å². The summed E-state index contributed by atoms with van der Waals surface area (Å²) in [5.41, 5.74) is 2.41. The number of hydrogen-bond donors (Lipinski definition) is 1. The molecule has 0 aromatic heterocycles. The Morgan fingerprint density at radius 2 is 1.92 bits per heavy atom. The number of piperidine rings is 1. The smallest absolute Gasteiger partial charge is 0.314 e. The summed E-state index contributed by atoms with van der Waals surface area (Å²) in [7, 11) is 0. The van der Waals surface area contributed by atoms with Crippen LogP contribution < -0.4 is 9.64 Å². The maximum absolute atomic E-state index is 12.0. The third-order valence-corrected chi connectivity index (χ3v) is 4.84. The van der Waals surface area contributed by atoms with Crippen molar-refractivity contribution in [3.63, 3.8) is 0 Å². The molecular formula is C22H28NO3+. The summed E-state index contributed by atoms with van der Waals surface area (Å²) in [6, 6.07) is 18.5. The molecule has 0 saturated carbocycles. The van der Waals surface area contributed by atoms with Gasteiger partial charge < -0.3 is 14.4 Å². The summed E-state index contributed by atoms with van der Waals surface area (Å²) in [6.45, 7) is 5.78. The van der Waals surface area contributed by atoms with E-state index in [4.69, 9.17) is 9.47 Å². The van der Waals surface area contributed by atoms with Crippen LogP contribution in [-0.2, 0) is 22.7 Å². The Balaban J connectivity index is 1.55. The zero-order chi connectivity index (χ0) is 18.2. The zero-order valence-electron chi connectivity index (χ0n) is 15.4. The third-order valence-electron chi connectivity index (χ3n) is 4.84. The molecule has 0 bridgehead atoms. The van der Waals surface area contributed by atoms with E-state index in [0.29, 0.717) is 13.2 Å². The van der Waals surface area contributed by atoms with Crippen molar-refractivity contribution in [3.8, 4) is 5.75 Å². The number of benzene rings is 2. The lowest BCUT2D eigenvalue weighted by Gasteiger charge is -2.28. The van der Waals surface area contributed by atoms with Gasteiger partial charge in [-0.15, -0.1) is 0 Å². The molecule has 1 fully saturated rings. The number of esters is 1. The molecule has 0 amide bonds. The summed E-state index contributed by atoms with van der Waals surface area (Å²) < 4.78 is 11.1. The highest BCUT2D eigenvalue weighted by Gasteiger charge is 2.29. The van der Waals surface area contributed by atoms with Gasteiger partial charge in [-0.05, 0) is 37.5 Å². The molecule has 2 aromatic carbocycles. The highest BCUT2D eigenvalue weighted by molar-refractivity contribution is 5.72. The zero-order valence-corrected chi connectivity index (χ0v) is 15.4. The van der Waals surface area contributed by atoms with E-state index < -0.39 is 0 Å². The van der Waals surface area contributed by atoms with Crippen molar-refractivity contribution in [3.05, 3.63) is 65.7 Å². The van der Waals surface area contributed by atoms with Gasteiger partial charge in [0, 0.05) is 5.56 Å². The molecule has 3 rings (SSSR count). The minimum atomic E-state index is -0.0374. The molecule has 0 aliphatic carbocycles. The minimum Gasteiger partial charge on any atom is -0.489 e. The number of ether oxygens (including phenoxy) is 2. The Bertz CT molecular complexity index is 702. The quantitative estimate of drug-likeness (QED) is 0.777. The largest absolute Gasteiger partial charge is 0.489 e. The summed E-state index contributed by atoms with van der Waals surface area (Å²) in [6.07, 6.45) is 2.02. The van der Waals surface area contributed by atoms with E-state index in [-0.39, 0.29) is 11.9 Å². The van der Waals surface area contributed by atoms with Crippen LogP contribution in [0, 0.1) is 5.92 Å². The first-order valence-corrected chi connectivity index (χ1v) is 9.50. The highest BCUT2D eigenvalue weighted by atomic mass is 16.5. The molecule has 2 atom stereocenters. The number of quaternary nitrogens is 1. The topological polar surface area (TPSA) is 40.0 Å². The van der Waals surface area contributed by atoms with Crippen molar-refractivity contribution in [1.29, 1.82) is 0 Å². The van der Waals surface area contributed by atoms with Crippen LogP contribution in [0.4, 0.5) is 0 Å². The monoisotopic (exact) mass is 354 g/mol. The Kier molecular flexibility index (Phi) is 6.67. The number of nitrogens with one attached hydrogen (secondary N) is 1. The lowest BCUT2D eigenvalue weighted by atomic mass is 9.97. The molecule has 1 saturated heterocycles. The molecule has 1 heterocycles. The van der Waals surface area contributed by atoms with Crippen LogP contribution >= 0.6 is 0 Å². The van der Waals surface area contributed by atoms with Crippen molar-refractivity contribution in [2.45, 2.75) is 32.9 Å². The summed E-state index contributed by atoms with van der Waals surface area (Å²) in [4.78, 5) is 13.5. The van der Waals surface area contributed by atoms with Crippen molar-refractivity contribution in [1.82, 2.24) is 0 Å². The molecule has 4 heteroatoms. The fraction of sp³-hybridized carbons (Fsp3) is 0.409. The van der Waals surface area contributed by atoms with Crippen LogP contribution in [0.1, 0.15) is 30.9 Å². The first-order valence-electron chi connectivity index (χ1n) is 9.50. The second kappa shape index (κ2) is 9.39. The minimum absolute atomic E-state index is 0.0374. The van der Waals surface area contributed by atoms with Gasteiger partial charge in [0.25, 0.3) is 0 Å². The van der Waals surface area contributed by atoms with Crippen molar-refractivity contribution < 1.29 is 19.2 Å². The van der Waals surface area contributed by atoms with Crippen LogP contribution in [0.15, 0.2) is 54.6 Å². The van der Waals surface area contributed by atoms with E-state index in [0.717, 1.165) is 43.8 Å². The van der Waals surface area contributed by atoms with Gasteiger partial charge in [0.15, 0.2) is 0 Å². The van der Waals surface area contributed by atoms with Gasteiger partial charge in [-0.25, -0.2) is 0 Å². The molecular weight excluding hydrogens is 326 g/mol. The van der Waals surface area contributed by atoms with E-state index in [1.165, 1.54) is 10.5 Å². The van der Waals surface area contributed by atoms with Crippen LogP contribution in [0.2, 0.25) is 0 Å². The molecule has 1 N–H and O–H groups in total. The predicted octanol–water partition coefficient (Wildman–Crippen LogP) is 2.62. The molecule has 0 radical (unpaired) electrons. The highest BCUT2D eigenvalue weighted by Crippen LogP contribution is 2.16. The number of carbonyl (C=O) groups excluding carboxylic acids is 1. The Morgan fingerprint density at radius 3 is 2.73 bits per heavy atom. The lowest BCUT2D eigenvalue weighted by Crippen LogP contribution is -3.12. The molecule has 2 aromatic rings. The van der Waals surface area contributed by atoms with E-state index in [2.05, 4.69) is 24.3 Å². The standard InChI is InChI=1S/C22H27NO3/c1-2-25-22(24)20-11-7-13-23(16-20)15-19-10-6-12-21(14-19)26-17-18-8-4-3-5-9-18/h3-6,8-10,12,14,20H,2,7,11,13,15-17H2,1H3/p+1/t20-/m0/s1. The Hall–Kier alpha value is -2.33. The molecule has 138 valence electrons. The first kappa shape index (κ1) is 18.5. The Morgan fingerprint density at radius 1 is 1.12 bits per heavy atom. The third kappa shape index (κ3) is 5.33. The number of rotatable bonds is 7. The number of hydrogen-bond acceptors (Lipinski definition) is 3. The van der Waals surface area contributed by atoms with Gasteiger partial charge in [0.2, 0.25) is 0 Å². The van der Waals surface area contributed by atoms with E-state index in [9.17, 15) is 4.79 Å². The molecule has 1 aliphatic heterocycles. The second-order valence-corrected chi connectivity index (χ2v) is 6.89. The van der Waals surface area contributed by atoms with Crippen molar-refractivity contribution in [2.24, 2.45) is 5.92 Å². The van der Waals surface area contributed by atoms with Crippen LogP contribution in [0.3, 0.4) is 0 Å². The van der Waals surface area contributed by atoms with E-state index >= 15 is 0 Å². The predicted molar refractivity (Wildman–Crippen MR) is 101 cm³/mol. The van der Waals surface area contributed by atoms with Crippen molar-refractivity contribution in [2.75, 3.05) is 19.7 Å². The van der Waals surface area contributed by atoms with Crippen LogP contribution in [-0.4, -0.2) is 25.7 Å². The number of likely N-dealkylation sites (tertiary alicyclic amines) is 1. The molecule has 26 heavy (non-hydrogen) atoms. The van der Waals surface area contributed by atoms with Gasteiger partial charge in [-0.3, -0.25) is 4.79 Å². The maximum atomic E-state index is 12.0. The average Bonchev–Trinajstić information content (AvgIpc) is 2.68. The lowest BCUT2D eigenvalue weighted by molar-refractivity contribution is -0.921. The molecule has 1 unspecified atom stereocenters. The normalized spacial score (nSPS) is 19.7. The first-order chi connectivity index (χ1) is 12.7.